The van der Waals surface area contributed by atoms with Gasteiger partial charge >= 0.3 is 0 Å². The molecule has 1 aromatic carbocycles. The number of benzene rings is 1. The molecule has 1 unspecified atom stereocenters. The van der Waals surface area contributed by atoms with Gasteiger partial charge in [0.2, 0.25) is 5.91 Å². The Morgan fingerprint density at radius 2 is 1.89 bits per heavy atom. The van der Waals surface area contributed by atoms with E-state index in [1.807, 2.05) is 31.2 Å². The van der Waals surface area contributed by atoms with E-state index >= 15 is 0 Å². The van der Waals surface area contributed by atoms with Gasteiger partial charge in [0.15, 0.2) is 0 Å². The average molecular weight is 313 g/mol. The SMILES string of the molecule is CCC(CC)NC(=O)C(C)Nc1ccccc1Br. The molecule has 1 aromatic rings. The topological polar surface area (TPSA) is 41.1 Å². The van der Waals surface area contributed by atoms with Crippen molar-refractivity contribution in [1.29, 1.82) is 0 Å². The van der Waals surface area contributed by atoms with Gasteiger partial charge in [-0.2, -0.15) is 0 Å². The van der Waals surface area contributed by atoms with Gasteiger partial charge in [0.1, 0.15) is 6.04 Å². The minimum Gasteiger partial charge on any atom is -0.373 e. The predicted octanol–water partition coefficient (Wildman–Crippen LogP) is 3.55. The summed E-state index contributed by atoms with van der Waals surface area (Å²) in [5.41, 5.74) is 0.935. The Morgan fingerprint density at radius 1 is 1.28 bits per heavy atom. The van der Waals surface area contributed by atoms with Crippen molar-refractivity contribution >= 4 is 27.5 Å². The van der Waals surface area contributed by atoms with Crippen molar-refractivity contribution in [2.75, 3.05) is 5.32 Å². The van der Waals surface area contributed by atoms with Crippen LogP contribution in [0.4, 0.5) is 5.69 Å². The van der Waals surface area contributed by atoms with Crippen LogP contribution in [0.15, 0.2) is 28.7 Å². The molecule has 0 aliphatic rings. The second kappa shape index (κ2) is 7.41. The maximum Gasteiger partial charge on any atom is 0.242 e. The zero-order chi connectivity index (χ0) is 13.5. The number of hydrogen-bond donors (Lipinski definition) is 2. The molecule has 0 aromatic heterocycles. The first-order valence-electron chi connectivity index (χ1n) is 6.39. The second-order valence-corrected chi connectivity index (χ2v) is 5.22. The number of carbonyl (C=O) groups is 1. The molecule has 0 spiro atoms. The van der Waals surface area contributed by atoms with Gasteiger partial charge in [-0.25, -0.2) is 0 Å². The third-order valence-electron chi connectivity index (χ3n) is 2.97. The monoisotopic (exact) mass is 312 g/mol. The van der Waals surface area contributed by atoms with E-state index in [-0.39, 0.29) is 18.0 Å². The fourth-order valence-corrected chi connectivity index (χ4v) is 2.10. The quantitative estimate of drug-likeness (QED) is 0.843. The maximum atomic E-state index is 12.0. The number of halogens is 1. The summed E-state index contributed by atoms with van der Waals surface area (Å²) in [4.78, 5) is 12.0. The lowest BCUT2D eigenvalue weighted by molar-refractivity contribution is -0.122. The van der Waals surface area contributed by atoms with Crippen LogP contribution in [0.5, 0.6) is 0 Å². The van der Waals surface area contributed by atoms with Gasteiger partial charge in [-0.05, 0) is 47.8 Å². The highest BCUT2D eigenvalue weighted by atomic mass is 79.9. The third kappa shape index (κ3) is 4.33. The summed E-state index contributed by atoms with van der Waals surface area (Å²) in [5, 5.41) is 6.24. The van der Waals surface area contributed by atoms with Crippen molar-refractivity contribution < 1.29 is 4.79 Å². The number of carbonyl (C=O) groups excluding carboxylic acids is 1. The van der Waals surface area contributed by atoms with Crippen LogP contribution in [0.1, 0.15) is 33.6 Å². The van der Waals surface area contributed by atoms with Crippen LogP contribution in [0.2, 0.25) is 0 Å². The average Bonchev–Trinajstić information content (AvgIpc) is 2.38. The van der Waals surface area contributed by atoms with E-state index in [0.717, 1.165) is 23.0 Å². The summed E-state index contributed by atoms with van der Waals surface area (Å²) in [6, 6.07) is 7.81. The first kappa shape index (κ1) is 15.0. The molecule has 2 N–H and O–H groups in total. The Morgan fingerprint density at radius 3 is 2.44 bits per heavy atom. The number of rotatable bonds is 6. The molecule has 4 heteroatoms. The summed E-state index contributed by atoms with van der Waals surface area (Å²) in [7, 11) is 0. The number of nitrogens with one attached hydrogen (secondary N) is 2. The van der Waals surface area contributed by atoms with Crippen LogP contribution in [-0.4, -0.2) is 18.0 Å². The molecule has 0 aliphatic carbocycles. The molecule has 100 valence electrons. The van der Waals surface area contributed by atoms with E-state index in [4.69, 9.17) is 0 Å². The van der Waals surface area contributed by atoms with Crippen LogP contribution in [0.3, 0.4) is 0 Å². The zero-order valence-electron chi connectivity index (χ0n) is 11.2. The molecule has 0 bridgehead atoms. The zero-order valence-corrected chi connectivity index (χ0v) is 12.8. The molecule has 0 saturated carbocycles. The van der Waals surface area contributed by atoms with Crippen molar-refractivity contribution in [2.45, 2.75) is 45.7 Å². The third-order valence-corrected chi connectivity index (χ3v) is 3.66. The van der Waals surface area contributed by atoms with E-state index in [9.17, 15) is 4.79 Å². The summed E-state index contributed by atoms with van der Waals surface area (Å²) < 4.78 is 0.965. The Balaban J connectivity index is 2.57. The van der Waals surface area contributed by atoms with E-state index < -0.39 is 0 Å². The van der Waals surface area contributed by atoms with Gasteiger partial charge in [-0.3, -0.25) is 4.79 Å². The first-order chi connectivity index (χ1) is 8.58. The van der Waals surface area contributed by atoms with E-state index in [1.165, 1.54) is 0 Å². The summed E-state index contributed by atoms with van der Waals surface area (Å²) in [5.74, 6) is 0.0412. The normalized spacial score (nSPS) is 12.3. The molecular weight excluding hydrogens is 292 g/mol. The van der Waals surface area contributed by atoms with E-state index in [1.54, 1.807) is 0 Å². The number of para-hydroxylation sites is 1. The van der Waals surface area contributed by atoms with E-state index in [0.29, 0.717) is 0 Å². The first-order valence-corrected chi connectivity index (χ1v) is 7.19. The van der Waals surface area contributed by atoms with Crippen LogP contribution < -0.4 is 10.6 Å². The highest BCUT2D eigenvalue weighted by Crippen LogP contribution is 2.21. The van der Waals surface area contributed by atoms with Crippen LogP contribution >= 0.6 is 15.9 Å². The number of anilines is 1. The summed E-state index contributed by atoms with van der Waals surface area (Å²) in [6.07, 6.45) is 1.92. The lowest BCUT2D eigenvalue weighted by atomic mass is 10.1. The van der Waals surface area contributed by atoms with Crippen molar-refractivity contribution in [2.24, 2.45) is 0 Å². The van der Waals surface area contributed by atoms with Gasteiger partial charge in [-0.1, -0.05) is 26.0 Å². The Hall–Kier alpha value is -1.03. The van der Waals surface area contributed by atoms with E-state index in [2.05, 4.69) is 40.4 Å². The number of hydrogen-bond acceptors (Lipinski definition) is 2. The largest absolute Gasteiger partial charge is 0.373 e. The molecule has 0 saturated heterocycles. The lowest BCUT2D eigenvalue weighted by Crippen LogP contribution is -2.42. The fourth-order valence-electron chi connectivity index (χ4n) is 1.70. The number of amides is 1. The highest BCUT2D eigenvalue weighted by molar-refractivity contribution is 9.10. The van der Waals surface area contributed by atoms with Crippen molar-refractivity contribution in [3.63, 3.8) is 0 Å². The molecule has 0 heterocycles. The highest BCUT2D eigenvalue weighted by Gasteiger charge is 2.16. The molecule has 1 amide bonds. The fraction of sp³-hybridized carbons (Fsp3) is 0.500. The molecule has 0 radical (unpaired) electrons. The molecule has 18 heavy (non-hydrogen) atoms. The van der Waals surface area contributed by atoms with Crippen LogP contribution in [-0.2, 0) is 4.79 Å². The lowest BCUT2D eigenvalue weighted by Gasteiger charge is -2.20. The molecular formula is C14H21BrN2O. The minimum atomic E-state index is -0.246. The second-order valence-electron chi connectivity index (χ2n) is 4.37. The van der Waals surface area contributed by atoms with Gasteiger partial charge in [-0.15, -0.1) is 0 Å². The Kier molecular flexibility index (Phi) is 6.19. The Bertz CT molecular complexity index is 391. The van der Waals surface area contributed by atoms with Gasteiger partial charge in [0, 0.05) is 16.2 Å². The van der Waals surface area contributed by atoms with Crippen LogP contribution in [0, 0.1) is 0 Å². The molecule has 0 aliphatic heterocycles. The smallest absolute Gasteiger partial charge is 0.242 e. The van der Waals surface area contributed by atoms with Gasteiger partial charge < -0.3 is 10.6 Å². The Labute approximate surface area is 117 Å². The summed E-state index contributed by atoms with van der Waals surface area (Å²) >= 11 is 3.46. The molecule has 3 nitrogen and oxygen atoms in total. The molecule has 1 rings (SSSR count). The van der Waals surface area contributed by atoms with Crippen LogP contribution in [0.25, 0.3) is 0 Å². The van der Waals surface area contributed by atoms with Crippen molar-refractivity contribution in [3.05, 3.63) is 28.7 Å². The van der Waals surface area contributed by atoms with Gasteiger partial charge in [0.05, 0.1) is 0 Å². The predicted molar refractivity (Wildman–Crippen MR) is 79.7 cm³/mol. The minimum absolute atomic E-state index is 0.0412. The van der Waals surface area contributed by atoms with Crippen molar-refractivity contribution in [3.8, 4) is 0 Å². The van der Waals surface area contributed by atoms with Crippen molar-refractivity contribution in [1.82, 2.24) is 5.32 Å². The maximum absolute atomic E-state index is 12.0. The summed E-state index contributed by atoms with van der Waals surface area (Å²) in [6.45, 7) is 6.04. The molecule has 1 atom stereocenters. The standard InChI is InChI=1S/C14H21BrN2O/c1-4-11(5-2)17-14(18)10(3)16-13-9-7-6-8-12(13)15/h6-11,16H,4-5H2,1-3H3,(H,17,18). The molecule has 0 fully saturated rings. The van der Waals surface area contributed by atoms with Gasteiger partial charge in [0.25, 0.3) is 0 Å².